The van der Waals surface area contributed by atoms with E-state index < -0.39 is 0 Å². The molecule has 0 aromatic heterocycles. The van der Waals surface area contributed by atoms with Crippen LogP contribution in [0.5, 0.6) is 0 Å². The first-order chi connectivity index (χ1) is 6.29. The first kappa shape index (κ1) is 17.9. The molecule has 0 spiro atoms. The standard InChI is InChI=1S/C12H28N2.Li.H/c1-9(2)13(10(3)4)14(11(5)6)12(7)8;;/h9-12H,1-8H3;;/q;+1;-1. The second kappa shape index (κ2) is 7.74. The van der Waals surface area contributed by atoms with Crippen molar-refractivity contribution in [3.63, 3.8) is 0 Å². The molecule has 0 aliphatic carbocycles. The topological polar surface area (TPSA) is 6.48 Å². The zero-order valence-electron chi connectivity index (χ0n) is 13.2. The predicted octanol–water partition coefficient (Wildman–Crippen LogP) is 0.256. The number of hydrogen-bond acceptors (Lipinski definition) is 2. The van der Waals surface area contributed by atoms with Gasteiger partial charge in [0.1, 0.15) is 0 Å². The van der Waals surface area contributed by atoms with Crippen LogP contribution in [0.3, 0.4) is 0 Å². The molecule has 15 heavy (non-hydrogen) atoms. The maximum atomic E-state index is 2.48. The van der Waals surface area contributed by atoms with E-state index in [9.17, 15) is 0 Å². The van der Waals surface area contributed by atoms with Gasteiger partial charge in [-0.05, 0) is 55.4 Å². The number of hydrazine groups is 1. The van der Waals surface area contributed by atoms with E-state index in [4.69, 9.17) is 0 Å². The van der Waals surface area contributed by atoms with Crippen LogP contribution in [0.4, 0.5) is 0 Å². The summed E-state index contributed by atoms with van der Waals surface area (Å²) in [5.41, 5.74) is 0. The Morgan fingerprint density at radius 3 is 0.733 bits per heavy atom. The van der Waals surface area contributed by atoms with Gasteiger partial charge in [-0.15, -0.1) is 0 Å². The van der Waals surface area contributed by atoms with Crippen molar-refractivity contribution >= 4 is 0 Å². The van der Waals surface area contributed by atoms with Crippen molar-refractivity contribution in [3.8, 4) is 0 Å². The van der Waals surface area contributed by atoms with Gasteiger partial charge in [-0.3, -0.25) is 0 Å². The first-order valence-corrected chi connectivity index (χ1v) is 5.85. The molecule has 0 heterocycles. The van der Waals surface area contributed by atoms with E-state index in [1.165, 1.54) is 0 Å². The van der Waals surface area contributed by atoms with Crippen LogP contribution < -0.4 is 18.9 Å². The van der Waals surface area contributed by atoms with Crippen molar-refractivity contribution in [2.24, 2.45) is 0 Å². The third kappa shape index (κ3) is 5.40. The van der Waals surface area contributed by atoms with Gasteiger partial charge in [0.25, 0.3) is 0 Å². The molecular formula is C12H29LiN2. The van der Waals surface area contributed by atoms with E-state index in [1.54, 1.807) is 0 Å². The number of rotatable bonds is 5. The Labute approximate surface area is 110 Å². The Balaban J connectivity index is -0.000000845. The summed E-state index contributed by atoms with van der Waals surface area (Å²) in [5.74, 6) is 0. The zero-order valence-corrected chi connectivity index (χ0v) is 12.2. The molecule has 0 bridgehead atoms. The minimum atomic E-state index is 0. The minimum Gasteiger partial charge on any atom is -1.00 e. The molecule has 0 aliphatic heterocycles. The van der Waals surface area contributed by atoms with Gasteiger partial charge in [-0.2, -0.15) is 0 Å². The summed E-state index contributed by atoms with van der Waals surface area (Å²) < 4.78 is 0. The Bertz CT molecular complexity index is 127. The van der Waals surface area contributed by atoms with Crippen LogP contribution in [-0.2, 0) is 0 Å². The average Bonchev–Trinajstić information content (AvgIpc) is 1.96. The normalized spacial score (nSPS) is 12.4. The maximum Gasteiger partial charge on any atom is 1.00 e. The molecule has 0 fully saturated rings. The van der Waals surface area contributed by atoms with Crippen LogP contribution in [0.2, 0.25) is 0 Å². The Kier molecular flexibility index (Phi) is 9.23. The van der Waals surface area contributed by atoms with Gasteiger partial charge in [-0.25, -0.2) is 10.0 Å². The van der Waals surface area contributed by atoms with Gasteiger partial charge < -0.3 is 1.43 Å². The molecule has 0 atom stereocenters. The van der Waals surface area contributed by atoms with Gasteiger partial charge in [0.2, 0.25) is 0 Å². The van der Waals surface area contributed by atoms with Crippen molar-refractivity contribution in [2.45, 2.75) is 79.6 Å². The van der Waals surface area contributed by atoms with Crippen molar-refractivity contribution in [3.05, 3.63) is 0 Å². The van der Waals surface area contributed by atoms with Crippen molar-refractivity contribution in [1.82, 2.24) is 10.0 Å². The van der Waals surface area contributed by atoms with E-state index in [2.05, 4.69) is 65.4 Å². The fraction of sp³-hybridized carbons (Fsp3) is 1.00. The summed E-state index contributed by atoms with van der Waals surface area (Å²) in [4.78, 5) is 0. The number of hydrogen-bond donors (Lipinski definition) is 0. The van der Waals surface area contributed by atoms with Gasteiger partial charge in [0.05, 0.1) is 0 Å². The average molecular weight is 208 g/mol. The molecule has 0 saturated carbocycles. The summed E-state index contributed by atoms with van der Waals surface area (Å²) in [6.45, 7) is 18.1. The molecule has 3 heteroatoms. The molecule has 2 nitrogen and oxygen atoms in total. The molecule has 0 saturated heterocycles. The van der Waals surface area contributed by atoms with Crippen LogP contribution in [0.1, 0.15) is 56.8 Å². The van der Waals surface area contributed by atoms with Crippen LogP contribution in [-0.4, -0.2) is 34.2 Å². The monoisotopic (exact) mass is 208 g/mol. The van der Waals surface area contributed by atoms with Gasteiger partial charge in [0, 0.05) is 24.2 Å². The second-order valence-corrected chi connectivity index (χ2v) is 5.14. The van der Waals surface area contributed by atoms with E-state index in [1.807, 2.05) is 0 Å². The molecule has 0 N–H and O–H groups in total. The molecule has 88 valence electrons. The number of nitrogens with zero attached hydrogens (tertiary/aromatic N) is 2. The van der Waals surface area contributed by atoms with Gasteiger partial charge in [0.15, 0.2) is 0 Å². The van der Waals surface area contributed by atoms with Crippen LogP contribution in [0, 0.1) is 0 Å². The maximum absolute atomic E-state index is 2.48. The third-order valence-corrected chi connectivity index (χ3v) is 2.38. The largest absolute Gasteiger partial charge is 1.00 e. The molecule has 0 amide bonds. The molecule has 0 radical (unpaired) electrons. The zero-order chi connectivity index (χ0) is 11.5. The molecular weight excluding hydrogens is 179 g/mol. The fourth-order valence-corrected chi connectivity index (χ4v) is 2.26. The van der Waals surface area contributed by atoms with Crippen LogP contribution >= 0.6 is 0 Å². The van der Waals surface area contributed by atoms with E-state index >= 15 is 0 Å². The molecule has 0 aromatic rings. The third-order valence-electron chi connectivity index (χ3n) is 2.38. The van der Waals surface area contributed by atoms with E-state index in [0.717, 1.165) is 0 Å². The molecule has 0 aromatic carbocycles. The smallest absolute Gasteiger partial charge is 1.00 e. The van der Waals surface area contributed by atoms with Crippen LogP contribution in [0.25, 0.3) is 0 Å². The Morgan fingerprint density at radius 1 is 0.533 bits per heavy atom. The Hall–Kier alpha value is 0.517. The van der Waals surface area contributed by atoms with Crippen molar-refractivity contribution in [2.75, 3.05) is 0 Å². The first-order valence-electron chi connectivity index (χ1n) is 5.85. The molecule has 0 aliphatic rings. The summed E-state index contributed by atoms with van der Waals surface area (Å²) in [5, 5.41) is 4.96. The minimum absolute atomic E-state index is 0. The Morgan fingerprint density at radius 2 is 0.667 bits per heavy atom. The summed E-state index contributed by atoms with van der Waals surface area (Å²) in [6.07, 6.45) is 0. The van der Waals surface area contributed by atoms with Crippen molar-refractivity contribution < 1.29 is 20.3 Å². The van der Waals surface area contributed by atoms with E-state index in [-0.39, 0.29) is 20.3 Å². The van der Waals surface area contributed by atoms with Crippen molar-refractivity contribution in [1.29, 1.82) is 0 Å². The predicted molar refractivity (Wildman–Crippen MR) is 65.3 cm³/mol. The van der Waals surface area contributed by atoms with Gasteiger partial charge in [-0.1, -0.05) is 0 Å². The van der Waals surface area contributed by atoms with Gasteiger partial charge >= 0.3 is 18.9 Å². The second-order valence-electron chi connectivity index (χ2n) is 5.14. The van der Waals surface area contributed by atoms with E-state index in [0.29, 0.717) is 24.2 Å². The van der Waals surface area contributed by atoms with Crippen LogP contribution in [0.15, 0.2) is 0 Å². The summed E-state index contributed by atoms with van der Waals surface area (Å²) >= 11 is 0. The SMILES string of the molecule is CC(C)N(C(C)C)N(C(C)C)C(C)C.[H-].[Li+]. The quantitative estimate of drug-likeness (QED) is 0.472. The molecule has 0 rings (SSSR count). The summed E-state index contributed by atoms with van der Waals surface area (Å²) in [6, 6.07) is 2.28. The summed E-state index contributed by atoms with van der Waals surface area (Å²) in [7, 11) is 0. The fourth-order valence-electron chi connectivity index (χ4n) is 2.26. The molecule has 0 unspecified atom stereocenters.